The van der Waals surface area contributed by atoms with E-state index in [2.05, 4.69) is 15.5 Å². The minimum Gasteiger partial charge on any atom is -0.411 e. The van der Waals surface area contributed by atoms with Crippen molar-refractivity contribution in [3.8, 4) is 11.5 Å². The molecular weight excluding hydrogens is 395 g/mol. The van der Waals surface area contributed by atoms with Crippen LogP contribution in [0.25, 0.3) is 11.5 Å². The molecule has 0 spiro atoms. The Kier molecular flexibility index (Phi) is 5.30. The van der Waals surface area contributed by atoms with Crippen LogP contribution in [0.5, 0.6) is 0 Å². The molecule has 0 radical (unpaired) electrons. The van der Waals surface area contributed by atoms with Crippen molar-refractivity contribution in [3.05, 3.63) is 54.3 Å². The largest absolute Gasteiger partial charge is 0.411 e. The zero-order valence-corrected chi connectivity index (χ0v) is 16.3. The van der Waals surface area contributed by atoms with Crippen LogP contribution < -0.4 is 10.2 Å². The Morgan fingerprint density at radius 3 is 2.79 bits per heavy atom. The second-order valence-electron chi connectivity index (χ2n) is 6.55. The van der Waals surface area contributed by atoms with Gasteiger partial charge in [0.15, 0.2) is 0 Å². The minimum absolute atomic E-state index is 0.0674. The third-order valence-electron chi connectivity index (χ3n) is 4.44. The van der Waals surface area contributed by atoms with E-state index in [9.17, 15) is 14.0 Å². The van der Waals surface area contributed by atoms with Gasteiger partial charge < -0.3 is 14.6 Å². The average Bonchev–Trinajstić information content (AvgIpc) is 3.12. The van der Waals surface area contributed by atoms with Gasteiger partial charge in [0.05, 0.1) is 17.1 Å². The number of nitrogens with zero attached hydrogens (tertiary/aromatic N) is 3. The summed E-state index contributed by atoms with van der Waals surface area (Å²) in [5.41, 5.74) is 1.86. The molecule has 1 aliphatic rings. The van der Waals surface area contributed by atoms with Crippen LogP contribution in [0, 0.1) is 5.82 Å². The molecule has 0 fully saturated rings. The number of halogens is 1. The number of hydrogen-bond acceptors (Lipinski definition) is 6. The van der Waals surface area contributed by atoms with Crippen molar-refractivity contribution in [2.75, 3.05) is 16.0 Å². The van der Waals surface area contributed by atoms with E-state index in [1.54, 1.807) is 29.2 Å². The zero-order valence-electron chi connectivity index (χ0n) is 15.5. The highest BCUT2D eigenvalue weighted by molar-refractivity contribution is 7.99. The fourth-order valence-electron chi connectivity index (χ4n) is 3.14. The van der Waals surface area contributed by atoms with E-state index < -0.39 is 0 Å². The molecule has 0 unspecified atom stereocenters. The predicted molar refractivity (Wildman–Crippen MR) is 107 cm³/mol. The van der Waals surface area contributed by atoms with Gasteiger partial charge in [0, 0.05) is 18.0 Å². The molecule has 1 atom stereocenters. The molecule has 1 aliphatic heterocycles. The van der Waals surface area contributed by atoms with E-state index in [1.165, 1.54) is 12.1 Å². The summed E-state index contributed by atoms with van der Waals surface area (Å²) in [6.45, 7) is 1.84. The topological polar surface area (TPSA) is 88.3 Å². The molecule has 7 nitrogen and oxygen atoms in total. The van der Waals surface area contributed by atoms with Gasteiger partial charge in [-0.25, -0.2) is 4.39 Å². The number of anilines is 2. The number of aromatic nitrogens is 2. The molecule has 2 aromatic carbocycles. The van der Waals surface area contributed by atoms with Crippen molar-refractivity contribution in [1.82, 2.24) is 10.2 Å². The van der Waals surface area contributed by atoms with Gasteiger partial charge in [0.2, 0.25) is 17.7 Å². The molecule has 3 aromatic rings. The van der Waals surface area contributed by atoms with E-state index in [1.807, 2.05) is 19.1 Å². The maximum absolute atomic E-state index is 13.0. The molecule has 148 valence electrons. The summed E-state index contributed by atoms with van der Waals surface area (Å²) in [6, 6.07) is 12.6. The molecule has 4 rings (SSSR count). The van der Waals surface area contributed by atoms with Crippen LogP contribution in [0.1, 0.15) is 13.3 Å². The van der Waals surface area contributed by atoms with E-state index in [4.69, 9.17) is 4.42 Å². The fraction of sp³-hybridized carbons (Fsp3) is 0.200. The molecule has 29 heavy (non-hydrogen) atoms. The number of amides is 2. The summed E-state index contributed by atoms with van der Waals surface area (Å²) in [4.78, 5) is 26.6. The van der Waals surface area contributed by atoms with Gasteiger partial charge in [-0.2, -0.15) is 0 Å². The van der Waals surface area contributed by atoms with Crippen LogP contribution in [0.15, 0.2) is 58.2 Å². The maximum atomic E-state index is 13.0. The van der Waals surface area contributed by atoms with Gasteiger partial charge in [0.25, 0.3) is 5.22 Å². The number of carbonyl (C=O) groups is 2. The monoisotopic (exact) mass is 412 g/mol. The van der Waals surface area contributed by atoms with Gasteiger partial charge in [-0.3, -0.25) is 9.59 Å². The number of benzene rings is 2. The summed E-state index contributed by atoms with van der Waals surface area (Å²) < 4.78 is 18.6. The third kappa shape index (κ3) is 4.14. The first-order chi connectivity index (χ1) is 14.0. The summed E-state index contributed by atoms with van der Waals surface area (Å²) in [5, 5.41) is 11.0. The molecule has 9 heteroatoms. The van der Waals surface area contributed by atoms with E-state index in [0.717, 1.165) is 11.8 Å². The zero-order chi connectivity index (χ0) is 20.4. The van der Waals surface area contributed by atoms with Gasteiger partial charge in [-0.15, -0.1) is 10.2 Å². The van der Waals surface area contributed by atoms with Crippen LogP contribution in [-0.4, -0.2) is 33.8 Å². The smallest absolute Gasteiger partial charge is 0.277 e. The molecule has 1 N–H and O–H groups in total. The first kappa shape index (κ1) is 19.1. The molecule has 1 aromatic heterocycles. The molecular formula is C20H17FN4O3S. The van der Waals surface area contributed by atoms with Crippen molar-refractivity contribution < 1.29 is 18.4 Å². The van der Waals surface area contributed by atoms with Crippen molar-refractivity contribution in [2.24, 2.45) is 0 Å². The van der Waals surface area contributed by atoms with Gasteiger partial charge in [-0.05, 0) is 43.3 Å². The third-order valence-corrected chi connectivity index (χ3v) is 5.25. The summed E-state index contributed by atoms with van der Waals surface area (Å²) in [6.07, 6.45) is 0.209. The molecule has 2 amide bonds. The summed E-state index contributed by atoms with van der Waals surface area (Å²) >= 11 is 1.11. The van der Waals surface area contributed by atoms with Gasteiger partial charge >= 0.3 is 0 Å². The lowest BCUT2D eigenvalue weighted by Crippen LogP contribution is -2.40. The maximum Gasteiger partial charge on any atom is 0.277 e. The summed E-state index contributed by atoms with van der Waals surface area (Å²) in [5.74, 6) is -0.337. The van der Waals surface area contributed by atoms with Crippen LogP contribution in [0.4, 0.5) is 15.8 Å². The Hall–Kier alpha value is -3.20. The number of thioether (sulfide) groups is 1. The average molecular weight is 412 g/mol. The van der Waals surface area contributed by atoms with Gasteiger partial charge in [-0.1, -0.05) is 23.9 Å². The second kappa shape index (κ2) is 8.04. The first-order valence-electron chi connectivity index (χ1n) is 8.94. The van der Waals surface area contributed by atoms with Crippen LogP contribution >= 0.6 is 11.8 Å². The minimum atomic E-state index is -0.353. The number of hydrogen-bond donors (Lipinski definition) is 1. The number of nitrogens with one attached hydrogen (secondary N) is 1. The van der Waals surface area contributed by atoms with Crippen molar-refractivity contribution >= 4 is 35.0 Å². The van der Waals surface area contributed by atoms with Crippen LogP contribution in [0.2, 0.25) is 0 Å². The van der Waals surface area contributed by atoms with Gasteiger partial charge in [0.1, 0.15) is 5.82 Å². The highest BCUT2D eigenvalue weighted by Crippen LogP contribution is 2.32. The quantitative estimate of drug-likeness (QED) is 0.657. The predicted octanol–water partition coefficient (Wildman–Crippen LogP) is 3.73. The fourth-order valence-corrected chi connectivity index (χ4v) is 3.76. The Morgan fingerprint density at radius 2 is 2.00 bits per heavy atom. The van der Waals surface area contributed by atoms with Crippen LogP contribution in [0.3, 0.4) is 0 Å². The molecule has 0 aliphatic carbocycles. The number of rotatable bonds is 4. The van der Waals surface area contributed by atoms with Crippen molar-refractivity contribution in [1.29, 1.82) is 0 Å². The number of fused-ring (bicyclic) bond motifs is 1. The second-order valence-corrected chi connectivity index (χ2v) is 7.48. The Morgan fingerprint density at radius 1 is 1.24 bits per heavy atom. The number of para-hydroxylation sites is 2. The highest BCUT2D eigenvalue weighted by atomic mass is 32.2. The first-order valence-corrected chi connectivity index (χ1v) is 9.93. The SMILES string of the molecule is C[C@H]1CC(=O)Nc2ccccc2N1C(=O)CSc1nnc(-c2ccc(F)cc2)o1. The van der Waals surface area contributed by atoms with Crippen LogP contribution in [-0.2, 0) is 9.59 Å². The lowest BCUT2D eigenvalue weighted by Gasteiger charge is -2.27. The lowest BCUT2D eigenvalue weighted by molar-refractivity contribution is -0.117. The van der Waals surface area contributed by atoms with E-state index >= 15 is 0 Å². The summed E-state index contributed by atoms with van der Waals surface area (Å²) in [7, 11) is 0. The van der Waals surface area contributed by atoms with E-state index in [0.29, 0.717) is 16.9 Å². The Balaban J connectivity index is 1.48. The standard InChI is InChI=1S/C20H17FN4O3S/c1-12-10-17(26)22-15-4-2-3-5-16(15)25(12)18(27)11-29-20-24-23-19(28-20)13-6-8-14(21)9-7-13/h2-9,12H,10-11H2,1H3,(H,22,26)/t12-/m0/s1. The molecule has 2 heterocycles. The molecule has 0 saturated carbocycles. The Bertz CT molecular complexity index is 1050. The highest BCUT2D eigenvalue weighted by Gasteiger charge is 2.29. The Labute approximate surface area is 170 Å². The molecule has 0 saturated heterocycles. The molecule has 0 bridgehead atoms. The van der Waals surface area contributed by atoms with Crippen molar-refractivity contribution in [3.63, 3.8) is 0 Å². The van der Waals surface area contributed by atoms with E-state index in [-0.39, 0.29) is 47.0 Å². The normalized spacial score (nSPS) is 16.1. The van der Waals surface area contributed by atoms with Crippen molar-refractivity contribution in [2.45, 2.75) is 24.6 Å². The number of carbonyl (C=O) groups excluding carboxylic acids is 2. The lowest BCUT2D eigenvalue weighted by atomic mass is 10.2.